The van der Waals surface area contributed by atoms with Gasteiger partial charge < -0.3 is 28.7 Å². The minimum absolute atomic E-state index is 0.175. The van der Waals surface area contributed by atoms with Gasteiger partial charge in [-0.15, -0.1) is 0 Å². The van der Waals surface area contributed by atoms with Crippen LogP contribution in [0.15, 0.2) is 0 Å². The Hall–Kier alpha value is -2.20. The second-order valence-corrected chi connectivity index (χ2v) is 24.5. The molecule has 1 rings (SSSR count). The topological polar surface area (TPSA) is 112 Å². The lowest BCUT2D eigenvalue weighted by Crippen LogP contribution is -2.45. The molecule has 0 bridgehead atoms. The predicted molar refractivity (Wildman–Crippen MR) is 309 cm³/mol. The fourth-order valence-corrected chi connectivity index (χ4v) is 10.0. The van der Waals surface area contributed by atoms with Crippen LogP contribution < -0.4 is 0 Å². The number of piperazine rings is 1. The van der Waals surface area contributed by atoms with Crippen molar-refractivity contribution in [2.24, 2.45) is 23.2 Å². The molecule has 10 nitrogen and oxygen atoms in total. The highest BCUT2D eigenvalue weighted by Gasteiger charge is 2.38. The molecule has 0 aromatic rings. The Labute approximate surface area is 457 Å². The van der Waals surface area contributed by atoms with Crippen molar-refractivity contribution in [2.45, 2.75) is 298 Å². The monoisotopic (exact) mass is 1050 g/mol. The van der Waals surface area contributed by atoms with E-state index in [9.17, 15) is 19.2 Å². The van der Waals surface area contributed by atoms with Crippen LogP contribution in [0.4, 0.5) is 0 Å². The van der Waals surface area contributed by atoms with E-state index in [4.69, 9.17) is 18.9 Å². The Bertz CT molecular complexity index is 1190. The number of carbonyl (C=O) groups excluding carboxylic acids is 4. The van der Waals surface area contributed by atoms with Crippen molar-refractivity contribution < 1.29 is 38.1 Å². The molecule has 0 unspecified atom stereocenters. The molecule has 436 valence electrons. The smallest absolute Gasteiger partial charge is 0.307 e. The summed E-state index contributed by atoms with van der Waals surface area (Å²) in [6, 6.07) is 0. The number of carbonyl (C=O) groups is 4. The first-order valence-corrected chi connectivity index (χ1v) is 31.8. The van der Waals surface area contributed by atoms with E-state index in [1.807, 2.05) is 0 Å². The van der Waals surface area contributed by atoms with Crippen LogP contribution in [0.3, 0.4) is 0 Å². The normalized spacial score (nSPS) is 13.6. The third-order valence-corrected chi connectivity index (χ3v) is 15.4. The molecular weight excluding hydrogens is 925 g/mol. The molecule has 1 aliphatic rings. The van der Waals surface area contributed by atoms with Crippen molar-refractivity contribution in [3.63, 3.8) is 0 Å². The fraction of sp³-hybridized carbons (Fsp3) is 0.938. The molecule has 1 aliphatic heterocycles. The van der Waals surface area contributed by atoms with Gasteiger partial charge in [-0.2, -0.15) is 0 Å². The van der Waals surface area contributed by atoms with Crippen molar-refractivity contribution in [3.05, 3.63) is 0 Å². The molecule has 1 heterocycles. The lowest BCUT2D eigenvalue weighted by Gasteiger charge is -2.33. The van der Waals surface area contributed by atoms with Gasteiger partial charge in [-0.25, -0.2) is 0 Å². The minimum Gasteiger partial charge on any atom is -0.465 e. The molecule has 0 saturated carbocycles. The molecular formula is C64H122N2O8. The van der Waals surface area contributed by atoms with E-state index in [1.165, 1.54) is 173 Å². The fourth-order valence-electron chi connectivity index (χ4n) is 10.0. The van der Waals surface area contributed by atoms with Crippen molar-refractivity contribution >= 4 is 23.9 Å². The van der Waals surface area contributed by atoms with Gasteiger partial charge in [0.25, 0.3) is 0 Å². The van der Waals surface area contributed by atoms with Gasteiger partial charge in [-0.3, -0.25) is 19.2 Å². The molecule has 1 saturated heterocycles. The molecule has 74 heavy (non-hydrogen) atoms. The highest BCUT2D eigenvalue weighted by atomic mass is 16.6. The van der Waals surface area contributed by atoms with E-state index < -0.39 is 5.41 Å². The standard InChI is InChI=1S/C64H122N2O8/c1-57(2)41-35-29-23-17-11-8-14-20-26-32-38-44-60(67)71-53-64(56-74-63(70)47-48-66-51-49-65(7)50-52-66,54-72-61(68)45-39-33-27-21-15-9-12-18-24-30-36-42-58(3)4)55-73-62(69)46-40-34-28-22-16-10-13-19-25-31-37-43-59(5)6/h57-59H,8-56H2,1-7H3. The van der Waals surface area contributed by atoms with Gasteiger partial charge in [0.1, 0.15) is 31.8 Å². The average Bonchev–Trinajstić information content (AvgIpc) is 3.37. The summed E-state index contributed by atoms with van der Waals surface area (Å²) in [5.41, 5.74) is -1.22. The number of unbranched alkanes of at least 4 members (excludes halogenated alkanes) is 30. The Morgan fingerprint density at radius 1 is 0.324 bits per heavy atom. The van der Waals surface area contributed by atoms with E-state index >= 15 is 0 Å². The third kappa shape index (κ3) is 45.9. The van der Waals surface area contributed by atoms with Gasteiger partial charge in [0.2, 0.25) is 0 Å². The van der Waals surface area contributed by atoms with Gasteiger partial charge in [0, 0.05) is 52.0 Å². The van der Waals surface area contributed by atoms with Crippen LogP contribution in [0.25, 0.3) is 0 Å². The second-order valence-electron chi connectivity index (χ2n) is 24.5. The zero-order valence-electron chi connectivity index (χ0n) is 50.0. The number of hydrogen-bond acceptors (Lipinski definition) is 10. The van der Waals surface area contributed by atoms with Gasteiger partial charge in [-0.1, -0.05) is 253 Å². The van der Waals surface area contributed by atoms with Crippen molar-refractivity contribution in [1.82, 2.24) is 9.80 Å². The predicted octanol–water partition coefficient (Wildman–Crippen LogP) is 17.0. The summed E-state index contributed by atoms with van der Waals surface area (Å²) in [5, 5.41) is 0. The molecule has 0 amide bonds. The number of ether oxygens (including phenoxy) is 4. The summed E-state index contributed by atoms with van der Waals surface area (Å²) in [7, 11) is 2.11. The van der Waals surface area contributed by atoms with E-state index in [2.05, 4.69) is 58.4 Å². The molecule has 0 spiro atoms. The second kappa shape index (κ2) is 49.1. The van der Waals surface area contributed by atoms with Crippen LogP contribution in [0.2, 0.25) is 0 Å². The SMILES string of the molecule is CC(C)CCCCCCCCCCCCCC(=O)OCC(COC(=O)CCCCCCCCCCCCCC(C)C)(COC(=O)CCCCCCCCCCCCCC(C)C)COC(=O)CCN1CCN(C)CC1. The highest BCUT2D eigenvalue weighted by Crippen LogP contribution is 2.24. The Morgan fingerprint density at radius 2 is 0.541 bits per heavy atom. The first kappa shape index (κ1) is 69.8. The molecule has 0 aromatic heterocycles. The number of hydrogen-bond donors (Lipinski definition) is 0. The van der Waals surface area contributed by atoms with E-state index in [0.717, 1.165) is 102 Å². The maximum absolute atomic E-state index is 13.3. The zero-order chi connectivity index (χ0) is 54.2. The van der Waals surface area contributed by atoms with Crippen molar-refractivity contribution in [1.29, 1.82) is 0 Å². The lowest BCUT2D eigenvalue weighted by atomic mass is 9.92. The quantitative estimate of drug-likeness (QED) is 0.0332. The van der Waals surface area contributed by atoms with Gasteiger partial charge in [-0.05, 0) is 44.1 Å². The van der Waals surface area contributed by atoms with Crippen LogP contribution in [-0.4, -0.2) is 99.9 Å². The van der Waals surface area contributed by atoms with Gasteiger partial charge >= 0.3 is 23.9 Å². The van der Waals surface area contributed by atoms with E-state index in [1.54, 1.807) is 0 Å². The van der Waals surface area contributed by atoms with Crippen LogP contribution >= 0.6 is 0 Å². The number of rotatable bonds is 53. The summed E-state index contributed by atoms with van der Waals surface area (Å²) < 4.78 is 23.7. The number of nitrogens with zero attached hydrogens (tertiary/aromatic N) is 2. The third-order valence-electron chi connectivity index (χ3n) is 15.4. The van der Waals surface area contributed by atoms with Crippen LogP contribution in [0, 0.1) is 23.2 Å². The summed E-state index contributed by atoms with van der Waals surface area (Å²) >= 11 is 0. The largest absolute Gasteiger partial charge is 0.465 e. The summed E-state index contributed by atoms with van der Waals surface area (Å²) in [5.74, 6) is 1.02. The lowest BCUT2D eigenvalue weighted by molar-refractivity contribution is -0.170. The average molecular weight is 1050 g/mol. The Balaban J connectivity index is 2.78. The minimum atomic E-state index is -1.22. The molecule has 0 radical (unpaired) electrons. The van der Waals surface area contributed by atoms with E-state index in [-0.39, 0.29) is 76.0 Å². The van der Waals surface area contributed by atoms with Crippen LogP contribution in [0.5, 0.6) is 0 Å². The molecule has 10 heteroatoms. The molecule has 0 N–H and O–H groups in total. The number of likely N-dealkylation sites (N-methyl/N-ethyl adjacent to an activating group) is 1. The van der Waals surface area contributed by atoms with Crippen molar-refractivity contribution in [3.8, 4) is 0 Å². The Morgan fingerprint density at radius 3 is 0.784 bits per heavy atom. The summed E-state index contributed by atoms with van der Waals surface area (Å²) in [6.07, 6.45) is 44.7. The maximum atomic E-state index is 13.3. The van der Waals surface area contributed by atoms with Crippen LogP contribution in [-0.2, 0) is 38.1 Å². The molecule has 0 atom stereocenters. The molecule has 1 fully saturated rings. The first-order chi connectivity index (χ1) is 35.8. The van der Waals surface area contributed by atoms with Crippen molar-refractivity contribution in [2.75, 3.05) is 66.2 Å². The molecule has 0 aliphatic carbocycles. The highest BCUT2D eigenvalue weighted by molar-refractivity contribution is 5.71. The van der Waals surface area contributed by atoms with Gasteiger partial charge in [0.05, 0.1) is 6.42 Å². The summed E-state index contributed by atoms with van der Waals surface area (Å²) in [6.45, 7) is 17.4. The molecule has 0 aromatic carbocycles. The summed E-state index contributed by atoms with van der Waals surface area (Å²) in [4.78, 5) is 57.7. The number of esters is 4. The Kier molecular flexibility index (Phi) is 46.3. The maximum Gasteiger partial charge on any atom is 0.307 e. The van der Waals surface area contributed by atoms with Gasteiger partial charge in [0.15, 0.2) is 0 Å². The zero-order valence-corrected chi connectivity index (χ0v) is 50.0. The first-order valence-electron chi connectivity index (χ1n) is 31.8. The van der Waals surface area contributed by atoms with Crippen LogP contribution in [0.1, 0.15) is 298 Å². The van der Waals surface area contributed by atoms with E-state index in [0.29, 0.717) is 6.54 Å².